The van der Waals surface area contributed by atoms with E-state index >= 15 is 0 Å². The van der Waals surface area contributed by atoms with Crippen molar-refractivity contribution in [2.45, 2.75) is 27.3 Å². The molecule has 0 saturated heterocycles. The van der Waals surface area contributed by atoms with E-state index in [2.05, 4.69) is 5.32 Å². The number of hydrogen-bond acceptors (Lipinski definition) is 4. The summed E-state index contributed by atoms with van der Waals surface area (Å²) in [6.07, 6.45) is 0. The molecule has 0 aliphatic heterocycles. The van der Waals surface area contributed by atoms with Gasteiger partial charge in [0.05, 0.1) is 16.3 Å². The van der Waals surface area contributed by atoms with Crippen LogP contribution in [0.3, 0.4) is 0 Å². The van der Waals surface area contributed by atoms with Gasteiger partial charge in [-0.2, -0.15) is 0 Å². The SMILES string of the molecule is CC[NH+](CC(=O)Nc1cc(C)c(C)cc1[N+](=O)[O-])Cc1cccs1. The Morgan fingerprint density at radius 1 is 1.33 bits per heavy atom. The number of nitrogens with zero attached hydrogens (tertiary/aromatic N) is 1. The minimum atomic E-state index is -0.460. The summed E-state index contributed by atoms with van der Waals surface area (Å²) in [4.78, 5) is 25.4. The highest BCUT2D eigenvalue weighted by molar-refractivity contribution is 7.09. The molecular formula is C17H22N3O3S+. The van der Waals surface area contributed by atoms with Crippen LogP contribution in [0, 0.1) is 24.0 Å². The zero-order valence-electron chi connectivity index (χ0n) is 14.1. The number of nitro benzene ring substituents is 1. The predicted octanol–water partition coefficient (Wildman–Crippen LogP) is 2.32. The summed E-state index contributed by atoms with van der Waals surface area (Å²) in [5.41, 5.74) is 1.94. The Bertz CT molecular complexity index is 729. The zero-order valence-corrected chi connectivity index (χ0v) is 14.9. The predicted molar refractivity (Wildman–Crippen MR) is 95.6 cm³/mol. The number of quaternary nitrogens is 1. The van der Waals surface area contributed by atoms with Crippen molar-refractivity contribution in [3.8, 4) is 0 Å². The second kappa shape index (κ2) is 8.03. The molecule has 2 aromatic rings. The Labute approximate surface area is 145 Å². The average molecular weight is 348 g/mol. The lowest BCUT2D eigenvalue weighted by Crippen LogP contribution is -3.11. The first-order chi connectivity index (χ1) is 11.4. The smallest absolute Gasteiger partial charge is 0.293 e. The van der Waals surface area contributed by atoms with Gasteiger partial charge >= 0.3 is 0 Å². The average Bonchev–Trinajstić information content (AvgIpc) is 3.02. The van der Waals surface area contributed by atoms with Gasteiger partial charge in [0, 0.05) is 6.07 Å². The van der Waals surface area contributed by atoms with Crippen molar-refractivity contribution in [1.29, 1.82) is 0 Å². The number of nitrogens with one attached hydrogen (secondary N) is 2. The molecule has 6 nitrogen and oxygen atoms in total. The number of anilines is 1. The zero-order chi connectivity index (χ0) is 17.7. The molecule has 1 aromatic carbocycles. The van der Waals surface area contributed by atoms with Crippen LogP contribution < -0.4 is 10.2 Å². The Hall–Kier alpha value is -2.25. The Kier molecular flexibility index (Phi) is 6.05. The molecule has 2 rings (SSSR count). The highest BCUT2D eigenvalue weighted by Gasteiger charge is 2.20. The quantitative estimate of drug-likeness (QED) is 0.595. The third-order valence-electron chi connectivity index (χ3n) is 4.00. The molecule has 0 aliphatic rings. The molecule has 128 valence electrons. The van der Waals surface area contributed by atoms with Gasteiger partial charge in [-0.25, -0.2) is 0 Å². The summed E-state index contributed by atoms with van der Waals surface area (Å²) in [6.45, 7) is 7.57. The maximum absolute atomic E-state index is 12.3. The third-order valence-corrected chi connectivity index (χ3v) is 4.87. The molecule has 0 fully saturated rings. The maximum Gasteiger partial charge on any atom is 0.293 e. The summed E-state index contributed by atoms with van der Waals surface area (Å²) >= 11 is 1.67. The van der Waals surface area contributed by atoms with Crippen molar-refractivity contribution in [3.63, 3.8) is 0 Å². The summed E-state index contributed by atoms with van der Waals surface area (Å²) < 4.78 is 0. The first kappa shape index (κ1) is 18.1. The molecule has 0 bridgehead atoms. The van der Waals surface area contributed by atoms with E-state index in [0.717, 1.165) is 29.1 Å². The number of thiophene rings is 1. The molecule has 24 heavy (non-hydrogen) atoms. The number of benzene rings is 1. The molecular weight excluding hydrogens is 326 g/mol. The van der Waals surface area contributed by atoms with Crippen molar-refractivity contribution in [1.82, 2.24) is 0 Å². The van der Waals surface area contributed by atoms with Crippen LogP contribution in [0.1, 0.15) is 22.9 Å². The van der Waals surface area contributed by atoms with Gasteiger partial charge < -0.3 is 10.2 Å². The van der Waals surface area contributed by atoms with E-state index in [1.165, 1.54) is 10.9 Å². The van der Waals surface area contributed by atoms with Crippen LogP contribution in [-0.2, 0) is 11.3 Å². The van der Waals surface area contributed by atoms with Crippen LogP contribution in [0.15, 0.2) is 29.6 Å². The topological polar surface area (TPSA) is 76.7 Å². The summed E-state index contributed by atoms with van der Waals surface area (Å²) in [5.74, 6) is -0.213. The monoisotopic (exact) mass is 348 g/mol. The third kappa shape index (κ3) is 4.62. The molecule has 0 spiro atoms. The molecule has 0 radical (unpaired) electrons. The van der Waals surface area contributed by atoms with Crippen molar-refractivity contribution < 1.29 is 14.6 Å². The lowest BCUT2D eigenvalue weighted by atomic mass is 10.1. The second-order valence-corrected chi connectivity index (χ2v) is 6.83. The van der Waals surface area contributed by atoms with Crippen molar-refractivity contribution in [2.24, 2.45) is 0 Å². The van der Waals surface area contributed by atoms with E-state index in [9.17, 15) is 14.9 Å². The Morgan fingerprint density at radius 2 is 2.04 bits per heavy atom. The largest absolute Gasteiger partial charge is 0.323 e. The molecule has 7 heteroatoms. The van der Waals surface area contributed by atoms with Gasteiger partial charge in [-0.05, 0) is 49.4 Å². The van der Waals surface area contributed by atoms with Crippen LogP contribution in [0.2, 0.25) is 0 Å². The van der Waals surface area contributed by atoms with E-state index < -0.39 is 4.92 Å². The van der Waals surface area contributed by atoms with Crippen molar-refractivity contribution in [2.75, 3.05) is 18.4 Å². The fraction of sp³-hybridized carbons (Fsp3) is 0.353. The van der Waals surface area contributed by atoms with Crippen LogP contribution in [-0.4, -0.2) is 23.9 Å². The first-order valence-corrected chi connectivity index (χ1v) is 8.70. The lowest BCUT2D eigenvalue weighted by Gasteiger charge is -2.16. The maximum atomic E-state index is 12.3. The van der Waals surface area contributed by atoms with Gasteiger partial charge in [-0.15, -0.1) is 11.3 Å². The second-order valence-electron chi connectivity index (χ2n) is 5.80. The van der Waals surface area contributed by atoms with Gasteiger partial charge in [0.15, 0.2) is 6.54 Å². The van der Waals surface area contributed by atoms with Gasteiger partial charge in [-0.3, -0.25) is 14.9 Å². The number of hydrogen-bond donors (Lipinski definition) is 2. The molecule has 1 unspecified atom stereocenters. The van der Waals surface area contributed by atoms with Crippen LogP contribution >= 0.6 is 11.3 Å². The Morgan fingerprint density at radius 3 is 2.62 bits per heavy atom. The molecule has 2 N–H and O–H groups in total. The number of rotatable bonds is 7. The highest BCUT2D eigenvalue weighted by Crippen LogP contribution is 2.27. The summed E-state index contributed by atoms with van der Waals surface area (Å²) in [7, 11) is 0. The lowest BCUT2D eigenvalue weighted by molar-refractivity contribution is -0.903. The van der Waals surface area contributed by atoms with Gasteiger partial charge in [0.1, 0.15) is 12.2 Å². The molecule has 1 aromatic heterocycles. The standard InChI is InChI=1S/C17H21N3O3S/c1-4-19(10-14-6-5-7-24-14)11-17(21)18-15-8-12(2)13(3)9-16(15)20(22)23/h5-9H,4,10-11H2,1-3H3,(H,18,21)/p+1. The van der Waals surface area contributed by atoms with Crippen LogP contribution in [0.25, 0.3) is 0 Å². The number of likely N-dealkylation sites (N-methyl/N-ethyl adjacent to an activating group) is 1. The number of nitro groups is 1. The highest BCUT2D eigenvalue weighted by atomic mass is 32.1. The summed E-state index contributed by atoms with van der Waals surface area (Å²) in [6, 6.07) is 7.20. The van der Waals surface area contributed by atoms with Crippen molar-refractivity contribution in [3.05, 3.63) is 55.8 Å². The minimum absolute atomic E-state index is 0.0669. The van der Waals surface area contributed by atoms with Gasteiger partial charge in [-0.1, -0.05) is 6.07 Å². The Balaban J connectivity index is 2.08. The molecule has 0 aliphatic carbocycles. The van der Waals surface area contributed by atoms with Crippen LogP contribution in [0.5, 0.6) is 0 Å². The fourth-order valence-corrected chi connectivity index (χ4v) is 3.22. The number of carbonyl (C=O) groups is 1. The van der Waals surface area contributed by atoms with Gasteiger partial charge in [0.2, 0.25) is 0 Å². The normalized spacial score (nSPS) is 12.0. The van der Waals surface area contributed by atoms with E-state index in [1.54, 1.807) is 17.4 Å². The minimum Gasteiger partial charge on any atom is -0.323 e. The number of amides is 1. The van der Waals surface area contributed by atoms with E-state index in [0.29, 0.717) is 0 Å². The van der Waals surface area contributed by atoms with Crippen molar-refractivity contribution >= 4 is 28.6 Å². The molecule has 1 atom stereocenters. The van der Waals surface area contributed by atoms with E-state index in [1.807, 2.05) is 38.3 Å². The molecule has 0 saturated carbocycles. The summed E-state index contributed by atoms with van der Waals surface area (Å²) in [5, 5.41) is 15.9. The van der Waals surface area contributed by atoms with E-state index in [4.69, 9.17) is 0 Å². The van der Waals surface area contributed by atoms with E-state index in [-0.39, 0.29) is 23.8 Å². The molecule has 1 heterocycles. The first-order valence-electron chi connectivity index (χ1n) is 7.82. The fourth-order valence-electron chi connectivity index (χ4n) is 2.45. The molecule has 1 amide bonds. The van der Waals surface area contributed by atoms with Crippen LogP contribution in [0.4, 0.5) is 11.4 Å². The number of carbonyl (C=O) groups excluding carboxylic acids is 1. The number of aryl methyl sites for hydroxylation is 2. The van der Waals surface area contributed by atoms with Gasteiger partial charge in [0.25, 0.3) is 11.6 Å².